The molecule has 1 heterocycles. The van der Waals surface area contributed by atoms with Gasteiger partial charge in [-0.25, -0.2) is 0 Å². The van der Waals surface area contributed by atoms with E-state index in [1.54, 1.807) is 7.11 Å². The highest BCUT2D eigenvalue weighted by Gasteiger charge is 2.24. The average molecular weight is 292 g/mol. The lowest BCUT2D eigenvalue weighted by atomic mass is 10.0. The second kappa shape index (κ2) is 8.25. The first-order chi connectivity index (χ1) is 10.3. The zero-order valence-electron chi connectivity index (χ0n) is 13.3. The summed E-state index contributed by atoms with van der Waals surface area (Å²) >= 11 is 0. The van der Waals surface area contributed by atoms with E-state index in [1.807, 2.05) is 19.1 Å². The van der Waals surface area contributed by atoms with Gasteiger partial charge in [0.2, 0.25) is 0 Å². The number of likely N-dealkylation sites (tertiary alicyclic amines) is 1. The first-order valence-corrected chi connectivity index (χ1v) is 8.05. The van der Waals surface area contributed by atoms with Crippen molar-refractivity contribution in [1.82, 2.24) is 4.90 Å². The molecular weight excluding hydrogens is 264 g/mol. The Balaban J connectivity index is 2.31. The summed E-state index contributed by atoms with van der Waals surface area (Å²) in [6.45, 7) is 5.47. The molecule has 1 aliphatic heterocycles. The normalized spacial score (nSPS) is 18.0. The predicted octanol–water partition coefficient (Wildman–Crippen LogP) is 2.97. The smallest absolute Gasteiger partial charge is 0.165 e. The van der Waals surface area contributed by atoms with E-state index in [-0.39, 0.29) is 6.04 Å². The van der Waals surface area contributed by atoms with Crippen LogP contribution in [0.4, 0.5) is 0 Å². The van der Waals surface area contributed by atoms with E-state index in [1.165, 1.54) is 25.7 Å². The van der Waals surface area contributed by atoms with E-state index in [2.05, 4.69) is 11.0 Å². The standard InChI is InChI=1S/C17H28N2O2/c1-3-21-17-14(9-8-10-16(17)20-2)15(13-18)19-11-6-4-5-7-12-19/h8-10,15H,3-7,11-13,18H2,1-2H3. The Bertz CT molecular complexity index is 429. The minimum atomic E-state index is 0.208. The molecule has 0 spiro atoms. The molecule has 1 unspecified atom stereocenters. The second-order valence-corrected chi connectivity index (χ2v) is 5.51. The van der Waals surface area contributed by atoms with Crippen molar-refractivity contribution < 1.29 is 9.47 Å². The Morgan fingerprint density at radius 1 is 1.19 bits per heavy atom. The zero-order valence-corrected chi connectivity index (χ0v) is 13.3. The van der Waals surface area contributed by atoms with E-state index in [0.717, 1.165) is 30.2 Å². The summed E-state index contributed by atoms with van der Waals surface area (Å²) in [6.07, 6.45) is 5.16. The van der Waals surface area contributed by atoms with Gasteiger partial charge in [-0.2, -0.15) is 0 Å². The number of hydrogen-bond acceptors (Lipinski definition) is 4. The first kappa shape index (κ1) is 16.1. The summed E-state index contributed by atoms with van der Waals surface area (Å²) in [6, 6.07) is 6.30. The Morgan fingerprint density at radius 3 is 2.48 bits per heavy atom. The molecule has 0 aromatic heterocycles. The Hall–Kier alpha value is -1.26. The predicted molar refractivity (Wildman–Crippen MR) is 86.0 cm³/mol. The molecule has 1 fully saturated rings. The highest BCUT2D eigenvalue weighted by Crippen LogP contribution is 2.37. The van der Waals surface area contributed by atoms with Crippen LogP contribution >= 0.6 is 0 Å². The molecule has 0 saturated carbocycles. The number of ether oxygens (including phenoxy) is 2. The third-order valence-electron chi connectivity index (χ3n) is 4.18. The van der Waals surface area contributed by atoms with Crippen LogP contribution in [0, 0.1) is 0 Å². The fourth-order valence-corrected chi connectivity index (χ4v) is 3.13. The lowest BCUT2D eigenvalue weighted by molar-refractivity contribution is 0.202. The highest BCUT2D eigenvalue weighted by atomic mass is 16.5. The average Bonchev–Trinajstić information content (AvgIpc) is 2.79. The van der Waals surface area contributed by atoms with Crippen LogP contribution in [0.1, 0.15) is 44.2 Å². The van der Waals surface area contributed by atoms with E-state index in [0.29, 0.717) is 13.2 Å². The molecule has 1 aliphatic rings. The van der Waals surface area contributed by atoms with Gasteiger partial charge in [-0.1, -0.05) is 25.0 Å². The van der Waals surface area contributed by atoms with Gasteiger partial charge in [0, 0.05) is 12.1 Å². The molecule has 118 valence electrons. The van der Waals surface area contributed by atoms with Crippen LogP contribution in [0.2, 0.25) is 0 Å². The van der Waals surface area contributed by atoms with Crippen molar-refractivity contribution in [2.24, 2.45) is 5.73 Å². The van der Waals surface area contributed by atoms with Crippen LogP contribution in [0.15, 0.2) is 18.2 Å². The molecule has 4 heteroatoms. The van der Waals surface area contributed by atoms with Crippen molar-refractivity contribution in [2.75, 3.05) is 33.4 Å². The molecule has 2 N–H and O–H groups in total. The lowest BCUT2D eigenvalue weighted by Gasteiger charge is -2.31. The molecule has 1 aromatic rings. The van der Waals surface area contributed by atoms with Crippen LogP contribution in [0.5, 0.6) is 11.5 Å². The van der Waals surface area contributed by atoms with E-state index in [9.17, 15) is 0 Å². The molecule has 2 rings (SSSR count). The number of benzene rings is 1. The molecule has 0 aliphatic carbocycles. The SMILES string of the molecule is CCOc1c(OC)cccc1C(CN)N1CCCCCC1. The minimum Gasteiger partial charge on any atom is -0.493 e. The van der Waals surface area contributed by atoms with Gasteiger partial charge in [0.1, 0.15) is 0 Å². The highest BCUT2D eigenvalue weighted by molar-refractivity contribution is 5.48. The molecule has 1 aromatic carbocycles. The van der Waals surface area contributed by atoms with Crippen LogP contribution in [0.3, 0.4) is 0 Å². The Morgan fingerprint density at radius 2 is 1.90 bits per heavy atom. The Kier molecular flexibility index (Phi) is 6.33. The molecule has 0 radical (unpaired) electrons. The fraction of sp³-hybridized carbons (Fsp3) is 0.647. The molecule has 1 atom stereocenters. The van der Waals surface area contributed by atoms with Crippen molar-refractivity contribution in [3.63, 3.8) is 0 Å². The number of hydrogen-bond donors (Lipinski definition) is 1. The molecule has 21 heavy (non-hydrogen) atoms. The largest absolute Gasteiger partial charge is 0.493 e. The van der Waals surface area contributed by atoms with E-state index >= 15 is 0 Å². The topological polar surface area (TPSA) is 47.7 Å². The number of para-hydroxylation sites is 1. The fourth-order valence-electron chi connectivity index (χ4n) is 3.13. The quantitative estimate of drug-likeness (QED) is 0.875. The van der Waals surface area contributed by atoms with Gasteiger partial charge in [-0.3, -0.25) is 4.90 Å². The Labute approximate surface area is 128 Å². The van der Waals surface area contributed by atoms with Crippen molar-refractivity contribution in [2.45, 2.75) is 38.6 Å². The van der Waals surface area contributed by atoms with E-state index < -0.39 is 0 Å². The molecule has 1 saturated heterocycles. The zero-order chi connectivity index (χ0) is 15.1. The second-order valence-electron chi connectivity index (χ2n) is 5.51. The van der Waals surface area contributed by atoms with Gasteiger partial charge in [0.25, 0.3) is 0 Å². The van der Waals surface area contributed by atoms with Crippen molar-refractivity contribution in [3.05, 3.63) is 23.8 Å². The van der Waals surface area contributed by atoms with Crippen molar-refractivity contribution in [1.29, 1.82) is 0 Å². The molecule has 4 nitrogen and oxygen atoms in total. The summed E-state index contributed by atoms with van der Waals surface area (Å²) in [5, 5.41) is 0. The maximum absolute atomic E-state index is 6.11. The van der Waals surface area contributed by atoms with Gasteiger partial charge in [0.05, 0.1) is 19.8 Å². The van der Waals surface area contributed by atoms with Gasteiger partial charge in [0.15, 0.2) is 11.5 Å². The van der Waals surface area contributed by atoms with E-state index in [4.69, 9.17) is 15.2 Å². The molecular formula is C17H28N2O2. The third-order valence-corrected chi connectivity index (χ3v) is 4.18. The number of methoxy groups -OCH3 is 1. The third kappa shape index (κ3) is 3.89. The minimum absolute atomic E-state index is 0.208. The summed E-state index contributed by atoms with van der Waals surface area (Å²) < 4.78 is 11.3. The summed E-state index contributed by atoms with van der Waals surface area (Å²) in [5.74, 6) is 1.64. The number of rotatable bonds is 6. The molecule has 0 amide bonds. The summed E-state index contributed by atoms with van der Waals surface area (Å²) in [7, 11) is 1.69. The van der Waals surface area contributed by atoms with Crippen LogP contribution in [-0.4, -0.2) is 38.3 Å². The van der Waals surface area contributed by atoms with Crippen LogP contribution in [0.25, 0.3) is 0 Å². The van der Waals surface area contributed by atoms with Crippen molar-refractivity contribution >= 4 is 0 Å². The summed E-state index contributed by atoms with van der Waals surface area (Å²) in [5.41, 5.74) is 7.26. The van der Waals surface area contributed by atoms with Crippen molar-refractivity contribution in [3.8, 4) is 11.5 Å². The van der Waals surface area contributed by atoms with Crippen LogP contribution < -0.4 is 15.2 Å². The molecule has 0 bridgehead atoms. The maximum atomic E-state index is 6.11. The first-order valence-electron chi connectivity index (χ1n) is 8.05. The van der Waals surface area contributed by atoms with Gasteiger partial charge in [-0.15, -0.1) is 0 Å². The van der Waals surface area contributed by atoms with Gasteiger partial charge >= 0.3 is 0 Å². The lowest BCUT2D eigenvalue weighted by Crippen LogP contribution is -2.34. The van der Waals surface area contributed by atoms with Gasteiger partial charge in [-0.05, 0) is 38.9 Å². The van der Waals surface area contributed by atoms with Gasteiger partial charge < -0.3 is 15.2 Å². The number of nitrogens with two attached hydrogens (primary N) is 1. The number of nitrogens with zero attached hydrogens (tertiary/aromatic N) is 1. The maximum Gasteiger partial charge on any atom is 0.165 e. The summed E-state index contributed by atoms with van der Waals surface area (Å²) in [4.78, 5) is 2.50. The monoisotopic (exact) mass is 292 g/mol. The van der Waals surface area contributed by atoms with Crippen LogP contribution in [-0.2, 0) is 0 Å².